The van der Waals surface area contributed by atoms with Gasteiger partial charge in [-0.1, -0.05) is 11.6 Å². The Hall–Kier alpha value is -1.31. The van der Waals surface area contributed by atoms with Crippen LogP contribution in [0.5, 0.6) is 5.75 Å². The Balaban J connectivity index is 2.13. The molecule has 1 aliphatic rings. The highest BCUT2D eigenvalue weighted by atomic mass is 35.5. The van der Waals surface area contributed by atoms with Gasteiger partial charge in [0.1, 0.15) is 5.75 Å². The lowest BCUT2D eigenvalue weighted by atomic mass is 9.97. The van der Waals surface area contributed by atoms with Crippen molar-refractivity contribution in [2.75, 3.05) is 26.7 Å². The first kappa shape index (κ1) is 18.0. The van der Waals surface area contributed by atoms with Gasteiger partial charge in [-0.2, -0.15) is 4.31 Å². The van der Waals surface area contributed by atoms with E-state index in [1.165, 1.54) is 16.4 Å². The molecule has 6 nitrogen and oxygen atoms in total. The van der Waals surface area contributed by atoms with Crippen LogP contribution in [-0.4, -0.2) is 45.4 Å². The topological polar surface area (TPSA) is 75.7 Å². The summed E-state index contributed by atoms with van der Waals surface area (Å²) < 4.78 is 32.1. The second kappa shape index (κ2) is 7.51. The predicted molar refractivity (Wildman–Crippen MR) is 88.2 cm³/mol. The van der Waals surface area contributed by atoms with Crippen LogP contribution in [0.3, 0.4) is 0 Å². The zero-order chi connectivity index (χ0) is 17.0. The van der Waals surface area contributed by atoms with Crippen LogP contribution in [0.1, 0.15) is 19.8 Å². The molecule has 1 heterocycles. The van der Waals surface area contributed by atoms with Crippen molar-refractivity contribution in [2.24, 2.45) is 5.92 Å². The molecule has 1 saturated heterocycles. The molecule has 128 valence electrons. The van der Waals surface area contributed by atoms with Crippen molar-refractivity contribution in [3.8, 4) is 5.75 Å². The van der Waals surface area contributed by atoms with Crippen molar-refractivity contribution in [3.05, 3.63) is 23.2 Å². The van der Waals surface area contributed by atoms with Crippen molar-refractivity contribution < 1.29 is 17.9 Å². The highest BCUT2D eigenvalue weighted by Gasteiger charge is 2.32. The minimum Gasteiger partial charge on any atom is -0.492 e. The van der Waals surface area contributed by atoms with Crippen molar-refractivity contribution in [2.45, 2.75) is 24.7 Å². The summed E-state index contributed by atoms with van der Waals surface area (Å²) in [6.45, 7) is 2.94. The molecule has 0 unspecified atom stereocenters. The second-order valence-electron chi connectivity index (χ2n) is 5.32. The molecule has 1 aliphatic heterocycles. The molecule has 0 atom stereocenters. The maximum absolute atomic E-state index is 12.7. The molecule has 0 radical (unpaired) electrons. The van der Waals surface area contributed by atoms with Crippen molar-refractivity contribution in [1.29, 1.82) is 0 Å². The Morgan fingerprint density at radius 3 is 2.57 bits per heavy atom. The Morgan fingerprint density at radius 1 is 1.39 bits per heavy atom. The molecule has 0 spiro atoms. The fourth-order valence-corrected chi connectivity index (χ4v) is 4.42. The molecule has 23 heavy (non-hydrogen) atoms. The zero-order valence-corrected chi connectivity index (χ0v) is 14.8. The van der Waals surface area contributed by atoms with E-state index in [-0.39, 0.29) is 21.7 Å². The number of rotatable bonds is 5. The van der Waals surface area contributed by atoms with E-state index in [1.54, 1.807) is 13.1 Å². The number of hydrogen-bond donors (Lipinski definition) is 1. The lowest BCUT2D eigenvalue weighted by Gasteiger charge is -2.30. The van der Waals surface area contributed by atoms with Crippen molar-refractivity contribution in [3.63, 3.8) is 0 Å². The Morgan fingerprint density at radius 2 is 2.04 bits per heavy atom. The fourth-order valence-electron chi connectivity index (χ4n) is 2.63. The molecule has 2 rings (SSSR count). The Labute approximate surface area is 141 Å². The summed E-state index contributed by atoms with van der Waals surface area (Å²) in [7, 11) is -2.02. The van der Waals surface area contributed by atoms with E-state index in [9.17, 15) is 13.2 Å². The van der Waals surface area contributed by atoms with Gasteiger partial charge in [0, 0.05) is 26.1 Å². The molecule has 0 aromatic heterocycles. The van der Waals surface area contributed by atoms with Gasteiger partial charge < -0.3 is 10.1 Å². The number of nitrogens with zero attached hydrogens (tertiary/aromatic N) is 1. The van der Waals surface area contributed by atoms with Gasteiger partial charge in [0.2, 0.25) is 15.9 Å². The quantitative estimate of drug-likeness (QED) is 0.870. The van der Waals surface area contributed by atoms with Gasteiger partial charge in [-0.3, -0.25) is 4.79 Å². The first-order valence-electron chi connectivity index (χ1n) is 7.54. The van der Waals surface area contributed by atoms with Crippen LogP contribution in [0.25, 0.3) is 0 Å². The molecule has 8 heteroatoms. The van der Waals surface area contributed by atoms with E-state index < -0.39 is 10.0 Å². The van der Waals surface area contributed by atoms with Crippen LogP contribution in [0, 0.1) is 5.92 Å². The lowest BCUT2D eigenvalue weighted by molar-refractivity contribution is -0.125. The molecular formula is C15H21ClN2O4S. The highest BCUT2D eigenvalue weighted by Crippen LogP contribution is 2.30. The third-order valence-electron chi connectivity index (χ3n) is 3.91. The number of amides is 1. The summed E-state index contributed by atoms with van der Waals surface area (Å²) in [5, 5.41) is 2.88. The second-order valence-corrected chi connectivity index (χ2v) is 7.66. The zero-order valence-electron chi connectivity index (χ0n) is 13.2. The van der Waals surface area contributed by atoms with E-state index in [4.69, 9.17) is 16.3 Å². The molecular weight excluding hydrogens is 340 g/mol. The largest absolute Gasteiger partial charge is 0.492 e. The van der Waals surface area contributed by atoms with Gasteiger partial charge in [0.25, 0.3) is 0 Å². The number of carbonyl (C=O) groups excluding carboxylic acids is 1. The summed E-state index contributed by atoms with van der Waals surface area (Å²) in [5.41, 5.74) is 0. The van der Waals surface area contributed by atoms with Crippen LogP contribution in [0.4, 0.5) is 0 Å². The maximum Gasteiger partial charge on any atom is 0.243 e. The SMILES string of the molecule is CCOc1ccc(S(=O)(=O)N2CCC(C(=O)NC)CC2)cc1Cl. The van der Waals surface area contributed by atoms with Crippen LogP contribution in [0.15, 0.2) is 23.1 Å². The van der Waals surface area contributed by atoms with Gasteiger partial charge in [-0.05, 0) is 38.0 Å². The average Bonchev–Trinajstić information content (AvgIpc) is 2.56. The third-order valence-corrected chi connectivity index (χ3v) is 6.10. The molecule has 1 fully saturated rings. The lowest BCUT2D eigenvalue weighted by Crippen LogP contribution is -2.42. The Bertz CT molecular complexity index is 670. The summed E-state index contributed by atoms with van der Waals surface area (Å²) in [5.74, 6) is 0.299. The number of nitrogens with one attached hydrogen (secondary N) is 1. The van der Waals surface area contributed by atoms with Crippen LogP contribution < -0.4 is 10.1 Å². The summed E-state index contributed by atoms with van der Waals surface area (Å²) in [6.07, 6.45) is 1.04. The van der Waals surface area contributed by atoms with Gasteiger partial charge in [-0.25, -0.2) is 8.42 Å². The molecule has 0 aliphatic carbocycles. The van der Waals surface area contributed by atoms with E-state index in [0.29, 0.717) is 38.3 Å². The highest BCUT2D eigenvalue weighted by molar-refractivity contribution is 7.89. The molecule has 0 saturated carbocycles. The fraction of sp³-hybridized carbons (Fsp3) is 0.533. The number of ether oxygens (including phenoxy) is 1. The molecule has 1 N–H and O–H groups in total. The standard InChI is InChI=1S/C15H21ClN2O4S/c1-3-22-14-5-4-12(10-13(14)16)23(20,21)18-8-6-11(7-9-18)15(19)17-2/h4-5,10-11H,3,6-9H2,1-2H3,(H,17,19). The van der Waals surface area contributed by atoms with Gasteiger partial charge in [0.05, 0.1) is 16.5 Å². The maximum atomic E-state index is 12.7. The van der Waals surface area contributed by atoms with Crippen molar-refractivity contribution in [1.82, 2.24) is 9.62 Å². The Kier molecular flexibility index (Phi) is 5.89. The van der Waals surface area contributed by atoms with Gasteiger partial charge >= 0.3 is 0 Å². The molecule has 1 aromatic rings. The number of sulfonamides is 1. The number of piperidine rings is 1. The van der Waals surface area contributed by atoms with E-state index in [1.807, 2.05) is 6.92 Å². The normalized spacial score (nSPS) is 17.0. The average molecular weight is 361 g/mol. The smallest absolute Gasteiger partial charge is 0.243 e. The monoisotopic (exact) mass is 360 g/mol. The van der Waals surface area contributed by atoms with Crippen molar-refractivity contribution >= 4 is 27.5 Å². The van der Waals surface area contributed by atoms with Crippen LogP contribution >= 0.6 is 11.6 Å². The summed E-state index contributed by atoms with van der Waals surface area (Å²) >= 11 is 6.08. The van der Waals surface area contributed by atoms with E-state index in [2.05, 4.69) is 5.32 Å². The number of benzene rings is 1. The summed E-state index contributed by atoms with van der Waals surface area (Å²) in [6, 6.07) is 4.47. The first-order chi connectivity index (χ1) is 10.9. The molecule has 1 aromatic carbocycles. The molecule has 1 amide bonds. The minimum atomic E-state index is -3.61. The molecule has 0 bridgehead atoms. The van der Waals surface area contributed by atoms with E-state index in [0.717, 1.165) is 0 Å². The van der Waals surface area contributed by atoms with Crippen LogP contribution in [-0.2, 0) is 14.8 Å². The van der Waals surface area contributed by atoms with Crippen LogP contribution in [0.2, 0.25) is 5.02 Å². The summed E-state index contributed by atoms with van der Waals surface area (Å²) in [4.78, 5) is 11.8. The third kappa shape index (κ3) is 3.97. The number of halogens is 1. The first-order valence-corrected chi connectivity index (χ1v) is 9.36. The predicted octanol–water partition coefficient (Wildman–Crippen LogP) is 1.89. The van der Waals surface area contributed by atoms with Gasteiger partial charge in [-0.15, -0.1) is 0 Å². The van der Waals surface area contributed by atoms with Gasteiger partial charge in [0.15, 0.2) is 0 Å². The minimum absolute atomic E-state index is 0.0360. The number of carbonyl (C=O) groups is 1. The number of hydrogen-bond acceptors (Lipinski definition) is 4. The van der Waals surface area contributed by atoms with E-state index >= 15 is 0 Å².